The van der Waals surface area contributed by atoms with Crippen LogP contribution in [0.25, 0.3) is 0 Å². The Morgan fingerprint density at radius 1 is 1.29 bits per heavy atom. The summed E-state index contributed by atoms with van der Waals surface area (Å²) in [6.07, 6.45) is 0. The predicted octanol–water partition coefficient (Wildman–Crippen LogP) is 3.49. The predicted molar refractivity (Wildman–Crippen MR) is 97.5 cm³/mol. The van der Waals surface area contributed by atoms with Crippen LogP contribution in [0.4, 0.5) is 11.4 Å². The van der Waals surface area contributed by atoms with Crippen LogP contribution in [0.3, 0.4) is 0 Å². The summed E-state index contributed by atoms with van der Waals surface area (Å²) in [5.41, 5.74) is 0.622. The number of nitro benzene ring substituents is 1. The van der Waals surface area contributed by atoms with E-state index in [2.05, 4.69) is 26.6 Å². The molecule has 7 nitrogen and oxygen atoms in total. The summed E-state index contributed by atoms with van der Waals surface area (Å²) >= 11 is 8.42. The lowest BCUT2D eigenvalue weighted by molar-refractivity contribution is -0.384. The fourth-order valence-corrected chi connectivity index (χ4v) is 2.59. The molecule has 0 aliphatic carbocycles. The van der Waals surface area contributed by atoms with Gasteiger partial charge in [0.25, 0.3) is 11.6 Å². The lowest BCUT2D eigenvalue weighted by Crippen LogP contribution is -2.34. The van der Waals surface area contributed by atoms with Crippen LogP contribution in [0.15, 0.2) is 46.9 Å². The molecule has 2 aromatic rings. The van der Waals surface area contributed by atoms with Crippen molar-refractivity contribution in [3.63, 3.8) is 0 Å². The van der Waals surface area contributed by atoms with E-state index in [4.69, 9.17) is 17.0 Å². The van der Waals surface area contributed by atoms with Crippen LogP contribution in [0, 0.1) is 10.1 Å². The first-order valence-electron chi connectivity index (χ1n) is 6.61. The maximum Gasteiger partial charge on any atom is 0.270 e. The van der Waals surface area contributed by atoms with Crippen molar-refractivity contribution in [3.8, 4) is 5.75 Å². The third-order valence-corrected chi connectivity index (χ3v) is 3.78. The summed E-state index contributed by atoms with van der Waals surface area (Å²) in [4.78, 5) is 22.3. The van der Waals surface area contributed by atoms with E-state index >= 15 is 0 Å². The normalized spacial score (nSPS) is 9.92. The second-order valence-corrected chi connectivity index (χ2v) is 5.83. The van der Waals surface area contributed by atoms with Crippen LogP contribution < -0.4 is 15.4 Å². The van der Waals surface area contributed by atoms with Gasteiger partial charge >= 0.3 is 0 Å². The summed E-state index contributed by atoms with van der Waals surface area (Å²) in [5, 5.41) is 16.1. The fourth-order valence-electron chi connectivity index (χ4n) is 1.84. The number of benzene rings is 2. The number of nitrogens with one attached hydrogen (secondary N) is 2. The first-order chi connectivity index (χ1) is 11.4. The molecule has 0 spiro atoms. The molecule has 0 heterocycles. The van der Waals surface area contributed by atoms with Gasteiger partial charge in [-0.05, 0) is 52.4 Å². The number of anilines is 1. The smallest absolute Gasteiger partial charge is 0.270 e. The molecule has 0 fully saturated rings. The molecular weight excluding hydrogens is 398 g/mol. The van der Waals surface area contributed by atoms with Gasteiger partial charge in [0.1, 0.15) is 5.75 Å². The molecule has 9 heteroatoms. The number of halogens is 1. The third kappa shape index (κ3) is 4.49. The third-order valence-electron chi connectivity index (χ3n) is 2.96. The van der Waals surface area contributed by atoms with E-state index in [1.807, 2.05) is 0 Å². The highest BCUT2D eigenvalue weighted by Gasteiger charge is 2.13. The Morgan fingerprint density at radius 2 is 2.04 bits per heavy atom. The summed E-state index contributed by atoms with van der Waals surface area (Å²) in [6.45, 7) is 0. The molecule has 0 saturated carbocycles. The topological polar surface area (TPSA) is 93.5 Å². The number of nitrogens with zero attached hydrogens (tertiary/aromatic N) is 1. The number of rotatable bonds is 4. The van der Waals surface area contributed by atoms with Gasteiger partial charge in [-0.25, -0.2) is 0 Å². The van der Waals surface area contributed by atoms with E-state index in [9.17, 15) is 14.9 Å². The zero-order chi connectivity index (χ0) is 17.7. The largest absolute Gasteiger partial charge is 0.496 e. The Balaban J connectivity index is 2.04. The molecule has 0 atom stereocenters. The number of carbonyl (C=O) groups excluding carboxylic acids is 1. The van der Waals surface area contributed by atoms with Crippen molar-refractivity contribution in [2.45, 2.75) is 0 Å². The van der Waals surface area contributed by atoms with Crippen LogP contribution in [0.2, 0.25) is 0 Å². The minimum absolute atomic E-state index is 0.0728. The standard InChI is InChI=1S/C15H12BrN3O4S/c1-23-13-6-5-10(8-12(13)16)17-15(24)18-14(20)9-3-2-4-11(7-9)19(21)22/h2-8H,1H3,(H2,17,18,20,24). The first kappa shape index (κ1) is 17.8. The summed E-state index contributed by atoms with van der Waals surface area (Å²) in [6, 6.07) is 10.6. The van der Waals surface area contributed by atoms with Gasteiger partial charge in [0.2, 0.25) is 0 Å². The molecule has 0 aliphatic rings. The highest BCUT2D eigenvalue weighted by Crippen LogP contribution is 2.27. The monoisotopic (exact) mass is 409 g/mol. The van der Waals surface area contributed by atoms with Crippen molar-refractivity contribution >= 4 is 50.5 Å². The number of amides is 1. The van der Waals surface area contributed by atoms with E-state index in [1.165, 1.54) is 24.3 Å². The molecule has 24 heavy (non-hydrogen) atoms. The van der Waals surface area contributed by atoms with Gasteiger partial charge < -0.3 is 10.1 Å². The van der Waals surface area contributed by atoms with Crippen molar-refractivity contribution in [2.24, 2.45) is 0 Å². The molecule has 2 aromatic carbocycles. The zero-order valence-electron chi connectivity index (χ0n) is 12.4. The number of thiocarbonyl (C=S) groups is 1. The molecule has 2 rings (SSSR count). The van der Waals surface area contributed by atoms with Gasteiger partial charge in [-0.1, -0.05) is 6.07 Å². The molecule has 0 radical (unpaired) electrons. The number of nitro groups is 1. The molecule has 0 aliphatic heterocycles. The zero-order valence-corrected chi connectivity index (χ0v) is 14.8. The Hall–Kier alpha value is -2.52. The van der Waals surface area contributed by atoms with Crippen LogP contribution in [0.5, 0.6) is 5.75 Å². The second kappa shape index (κ2) is 7.84. The molecule has 0 bridgehead atoms. The molecule has 2 N–H and O–H groups in total. The molecule has 0 saturated heterocycles. The second-order valence-electron chi connectivity index (χ2n) is 4.57. The van der Waals surface area contributed by atoms with Gasteiger partial charge in [-0.3, -0.25) is 20.2 Å². The highest BCUT2D eigenvalue weighted by atomic mass is 79.9. The van der Waals surface area contributed by atoms with Gasteiger partial charge in [-0.15, -0.1) is 0 Å². The quantitative estimate of drug-likeness (QED) is 0.455. The molecular formula is C15H12BrN3O4S. The van der Waals surface area contributed by atoms with Crippen LogP contribution in [-0.4, -0.2) is 23.1 Å². The Bertz CT molecular complexity index is 813. The Morgan fingerprint density at radius 3 is 2.67 bits per heavy atom. The highest BCUT2D eigenvalue weighted by molar-refractivity contribution is 9.10. The SMILES string of the molecule is COc1ccc(NC(=S)NC(=O)c2cccc([N+](=O)[O-])c2)cc1Br. The molecule has 0 unspecified atom stereocenters. The molecule has 0 aromatic heterocycles. The first-order valence-corrected chi connectivity index (χ1v) is 7.81. The maximum absolute atomic E-state index is 12.1. The Kier molecular flexibility index (Phi) is 5.83. The molecule has 1 amide bonds. The van der Waals surface area contributed by atoms with Crippen molar-refractivity contribution < 1.29 is 14.5 Å². The average Bonchev–Trinajstić information content (AvgIpc) is 2.55. The lowest BCUT2D eigenvalue weighted by Gasteiger charge is -2.11. The van der Waals surface area contributed by atoms with Crippen molar-refractivity contribution in [1.29, 1.82) is 0 Å². The number of carbonyl (C=O) groups is 1. The van der Waals surface area contributed by atoms with Gasteiger partial charge in [0.15, 0.2) is 5.11 Å². The number of hydrogen-bond acceptors (Lipinski definition) is 5. The van der Waals surface area contributed by atoms with Crippen molar-refractivity contribution in [1.82, 2.24) is 5.32 Å². The van der Waals surface area contributed by atoms with Gasteiger partial charge in [0, 0.05) is 23.4 Å². The summed E-state index contributed by atoms with van der Waals surface area (Å²) in [5.74, 6) is 0.121. The van der Waals surface area contributed by atoms with E-state index in [-0.39, 0.29) is 16.4 Å². The van der Waals surface area contributed by atoms with E-state index < -0.39 is 10.8 Å². The number of methoxy groups -OCH3 is 1. The van der Waals surface area contributed by atoms with Crippen LogP contribution >= 0.6 is 28.1 Å². The minimum atomic E-state index is -0.567. The number of hydrogen-bond donors (Lipinski definition) is 2. The van der Waals surface area contributed by atoms with Gasteiger partial charge in [0.05, 0.1) is 16.5 Å². The Labute approximate surface area is 151 Å². The number of ether oxygens (including phenoxy) is 1. The van der Waals surface area contributed by atoms with Crippen molar-refractivity contribution in [3.05, 3.63) is 62.6 Å². The fraction of sp³-hybridized carbons (Fsp3) is 0.0667. The average molecular weight is 410 g/mol. The summed E-state index contributed by atoms with van der Waals surface area (Å²) in [7, 11) is 1.55. The lowest BCUT2D eigenvalue weighted by atomic mass is 10.2. The van der Waals surface area contributed by atoms with Gasteiger partial charge in [-0.2, -0.15) is 0 Å². The summed E-state index contributed by atoms with van der Waals surface area (Å²) < 4.78 is 5.85. The van der Waals surface area contributed by atoms with Crippen LogP contribution in [0.1, 0.15) is 10.4 Å². The van der Waals surface area contributed by atoms with Crippen LogP contribution in [-0.2, 0) is 0 Å². The van der Waals surface area contributed by atoms with E-state index in [1.54, 1.807) is 25.3 Å². The number of non-ortho nitro benzene ring substituents is 1. The van der Waals surface area contributed by atoms with E-state index in [0.717, 1.165) is 4.47 Å². The minimum Gasteiger partial charge on any atom is -0.496 e. The molecule has 124 valence electrons. The maximum atomic E-state index is 12.1. The van der Waals surface area contributed by atoms with E-state index in [0.29, 0.717) is 11.4 Å². The van der Waals surface area contributed by atoms with Crippen molar-refractivity contribution in [2.75, 3.05) is 12.4 Å².